The van der Waals surface area contributed by atoms with Gasteiger partial charge in [-0.05, 0) is 49.4 Å². The fourth-order valence-corrected chi connectivity index (χ4v) is 3.30. The number of hydrogen-bond acceptors (Lipinski definition) is 6. The Bertz CT molecular complexity index is 1210. The molecule has 1 unspecified atom stereocenters. The number of rotatable bonds is 8. The van der Waals surface area contributed by atoms with Crippen LogP contribution >= 0.6 is 0 Å². The van der Waals surface area contributed by atoms with Crippen molar-refractivity contribution in [2.75, 3.05) is 13.7 Å². The Balaban J connectivity index is 1.83. The van der Waals surface area contributed by atoms with Crippen LogP contribution in [0.4, 0.5) is 4.39 Å². The Morgan fingerprint density at radius 3 is 2.50 bits per heavy atom. The molecule has 0 saturated heterocycles. The molecule has 0 aliphatic heterocycles. The Hall–Kier alpha value is -4.07. The zero-order chi connectivity index (χ0) is 22.6. The van der Waals surface area contributed by atoms with Gasteiger partial charge in [0.2, 0.25) is 0 Å². The van der Waals surface area contributed by atoms with Gasteiger partial charge in [-0.3, -0.25) is 0 Å². The van der Waals surface area contributed by atoms with Gasteiger partial charge in [0.25, 0.3) is 0 Å². The van der Waals surface area contributed by atoms with E-state index in [-0.39, 0.29) is 18.4 Å². The van der Waals surface area contributed by atoms with Crippen molar-refractivity contribution in [2.24, 2.45) is 0 Å². The van der Waals surface area contributed by atoms with Crippen LogP contribution in [0.5, 0.6) is 11.8 Å². The quantitative estimate of drug-likeness (QED) is 0.412. The summed E-state index contributed by atoms with van der Waals surface area (Å²) in [6.07, 6.45) is 4.55. The molecule has 162 valence electrons. The second kappa shape index (κ2) is 8.97. The molecule has 7 nitrogen and oxygen atoms in total. The zero-order valence-electron chi connectivity index (χ0n) is 17.7. The maximum Gasteiger partial charge on any atom is 0.316 e. The monoisotopic (exact) mass is 431 g/mol. The molecule has 4 aromatic rings. The highest BCUT2D eigenvalue weighted by Crippen LogP contribution is 2.34. The van der Waals surface area contributed by atoms with E-state index in [9.17, 15) is 4.39 Å². The van der Waals surface area contributed by atoms with Crippen molar-refractivity contribution >= 4 is 6.21 Å². The third kappa shape index (κ3) is 4.20. The van der Waals surface area contributed by atoms with Crippen LogP contribution in [-0.4, -0.2) is 39.5 Å². The third-order valence-corrected chi connectivity index (χ3v) is 5.08. The van der Waals surface area contributed by atoms with Crippen LogP contribution in [0.1, 0.15) is 6.92 Å². The number of ether oxygens (including phenoxy) is 2. The number of para-hydroxylation sites is 1. The summed E-state index contributed by atoms with van der Waals surface area (Å²) < 4.78 is 26.5. The van der Waals surface area contributed by atoms with Gasteiger partial charge < -0.3 is 19.5 Å². The summed E-state index contributed by atoms with van der Waals surface area (Å²) in [5, 5.41) is 8.18. The first-order valence-electron chi connectivity index (χ1n) is 9.95. The lowest BCUT2D eigenvalue weighted by atomic mass is 10.0. The van der Waals surface area contributed by atoms with E-state index < -0.39 is 5.54 Å². The van der Waals surface area contributed by atoms with Gasteiger partial charge in [-0.15, -0.1) is 0 Å². The highest BCUT2D eigenvalue weighted by Gasteiger charge is 2.31. The van der Waals surface area contributed by atoms with Gasteiger partial charge in [0.1, 0.15) is 23.7 Å². The minimum Gasteiger partial charge on any atom is -0.491 e. The summed E-state index contributed by atoms with van der Waals surface area (Å²) in [6, 6.07) is 17.4. The second-order valence-electron chi connectivity index (χ2n) is 7.35. The molecule has 0 radical (unpaired) electrons. The first-order valence-corrected chi connectivity index (χ1v) is 9.95. The summed E-state index contributed by atoms with van der Waals surface area (Å²) in [7, 11) is 1.49. The van der Waals surface area contributed by atoms with Gasteiger partial charge in [-0.2, -0.15) is 4.98 Å². The van der Waals surface area contributed by atoms with Crippen molar-refractivity contribution in [3.05, 3.63) is 79.0 Å². The van der Waals surface area contributed by atoms with E-state index in [1.54, 1.807) is 30.7 Å². The SMILES string of the molecule is COc1nccc(-c2c(-c3ccc(F)cc3)ncn2C(C)(C=N)COc2ccccc2)n1. The van der Waals surface area contributed by atoms with E-state index in [0.29, 0.717) is 28.4 Å². The van der Waals surface area contributed by atoms with Crippen molar-refractivity contribution in [3.63, 3.8) is 0 Å². The minimum atomic E-state index is -0.880. The average molecular weight is 431 g/mol. The molecule has 0 bridgehead atoms. The fourth-order valence-electron chi connectivity index (χ4n) is 3.30. The van der Waals surface area contributed by atoms with E-state index in [1.807, 2.05) is 41.8 Å². The van der Waals surface area contributed by atoms with E-state index in [0.717, 1.165) is 0 Å². The van der Waals surface area contributed by atoms with Gasteiger partial charge >= 0.3 is 6.01 Å². The number of aromatic nitrogens is 4. The smallest absolute Gasteiger partial charge is 0.316 e. The zero-order valence-corrected chi connectivity index (χ0v) is 17.7. The first kappa shape index (κ1) is 21.2. The van der Waals surface area contributed by atoms with Crippen molar-refractivity contribution in [1.29, 1.82) is 5.41 Å². The molecule has 32 heavy (non-hydrogen) atoms. The molecular weight excluding hydrogens is 409 g/mol. The maximum atomic E-state index is 13.5. The molecule has 0 spiro atoms. The molecule has 0 saturated carbocycles. The normalized spacial score (nSPS) is 12.7. The molecule has 1 N–H and O–H groups in total. The standard InChI is InChI=1S/C24H22FN5O2/c1-24(14-26,15-32-19-6-4-3-5-7-19)30-16-28-21(17-8-10-18(25)11-9-17)22(30)20-12-13-27-23(29-20)31-2/h3-14,16,26H,15H2,1-2H3. The number of halogens is 1. The molecule has 8 heteroatoms. The second-order valence-corrected chi connectivity index (χ2v) is 7.35. The highest BCUT2D eigenvalue weighted by molar-refractivity contribution is 5.79. The van der Waals surface area contributed by atoms with E-state index in [4.69, 9.17) is 14.9 Å². The molecule has 0 aliphatic rings. The summed E-state index contributed by atoms with van der Waals surface area (Å²) >= 11 is 0. The molecule has 4 rings (SSSR count). The molecule has 2 heterocycles. The first-order chi connectivity index (χ1) is 15.5. The van der Waals surface area contributed by atoms with Crippen LogP contribution < -0.4 is 9.47 Å². The van der Waals surface area contributed by atoms with Crippen LogP contribution in [0.3, 0.4) is 0 Å². The summed E-state index contributed by atoms with van der Waals surface area (Å²) in [6.45, 7) is 2.07. The number of hydrogen-bond donors (Lipinski definition) is 1. The van der Waals surface area contributed by atoms with Crippen LogP contribution in [0.2, 0.25) is 0 Å². The van der Waals surface area contributed by atoms with Crippen molar-refractivity contribution in [1.82, 2.24) is 19.5 Å². The van der Waals surface area contributed by atoms with E-state index in [1.165, 1.54) is 25.5 Å². The van der Waals surface area contributed by atoms with Crippen LogP contribution in [0.15, 0.2) is 73.2 Å². The molecule has 0 fully saturated rings. The predicted molar refractivity (Wildman–Crippen MR) is 120 cm³/mol. The Morgan fingerprint density at radius 2 is 1.81 bits per heavy atom. The summed E-state index contributed by atoms with van der Waals surface area (Å²) in [5.74, 6) is 0.365. The average Bonchev–Trinajstić information content (AvgIpc) is 3.30. The van der Waals surface area contributed by atoms with Gasteiger partial charge in [0, 0.05) is 18.0 Å². The van der Waals surface area contributed by atoms with Gasteiger partial charge in [-0.1, -0.05) is 18.2 Å². The van der Waals surface area contributed by atoms with Gasteiger partial charge in [-0.25, -0.2) is 14.4 Å². The summed E-state index contributed by atoms with van der Waals surface area (Å²) in [4.78, 5) is 13.2. The highest BCUT2D eigenvalue weighted by atomic mass is 19.1. The van der Waals surface area contributed by atoms with Crippen LogP contribution in [0.25, 0.3) is 22.6 Å². The number of benzene rings is 2. The Morgan fingerprint density at radius 1 is 1.06 bits per heavy atom. The fraction of sp³-hybridized carbons (Fsp3) is 0.167. The molecule has 2 aromatic carbocycles. The molecule has 2 aromatic heterocycles. The van der Waals surface area contributed by atoms with Crippen LogP contribution in [0, 0.1) is 11.2 Å². The minimum absolute atomic E-state index is 0.189. The Labute approximate surface area is 185 Å². The molecular formula is C24H22FN5O2. The lowest BCUT2D eigenvalue weighted by Crippen LogP contribution is -2.38. The van der Waals surface area contributed by atoms with Crippen LogP contribution in [-0.2, 0) is 5.54 Å². The number of nitrogens with zero attached hydrogens (tertiary/aromatic N) is 4. The molecule has 0 aliphatic carbocycles. The number of nitrogens with one attached hydrogen (secondary N) is 1. The third-order valence-electron chi connectivity index (χ3n) is 5.08. The van der Waals surface area contributed by atoms with Gasteiger partial charge in [0.15, 0.2) is 0 Å². The lowest BCUT2D eigenvalue weighted by molar-refractivity contribution is 0.226. The Kier molecular flexibility index (Phi) is 5.93. The van der Waals surface area contributed by atoms with E-state index >= 15 is 0 Å². The number of methoxy groups -OCH3 is 1. The molecule has 1 atom stereocenters. The molecule has 0 amide bonds. The summed E-state index contributed by atoms with van der Waals surface area (Å²) in [5.41, 5.74) is 1.63. The van der Waals surface area contributed by atoms with Crippen molar-refractivity contribution < 1.29 is 13.9 Å². The topological polar surface area (TPSA) is 85.9 Å². The van der Waals surface area contributed by atoms with Gasteiger partial charge in [0.05, 0.1) is 30.5 Å². The van der Waals surface area contributed by atoms with Crippen molar-refractivity contribution in [3.8, 4) is 34.4 Å². The lowest BCUT2D eigenvalue weighted by Gasteiger charge is -2.28. The largest absolute Gasteiger partial charge is 0.491 e. The predicted octanol–water partition coefficient (Wildman–Crippen LogP) is 4.60. The van der Waals surface area contributed by atoms with Crippen molar-refractivity contribution in [2.45, 2.75) is 12.5 Å². The van der Waals surface area contributed by atoms with E-state index in [2.05, 4.69) is 15.0 Å². The number of imidazole rings is 1. The maximum absolute atomic E-state index is 13.5.